The quantitative estimate of drug-likeness (QED) is 0.562. The highest BCUT2D eigenvalue weighted by molar-refractivity contribution is 7.90. The molecule has 2 aromatic carbocycles. The Balaban J connectivity index is 2.11. The van der Waals surface area contributed by atoms with Gasteiger partial charge in [-0.25, -0.2) is 8.42 Å². The van der Waals surface area contributed by atoms with Crippen molar-refractivity contribution in [3.63, 3.8) is 0 Å². The van der Waals surface area contributed by atoms with Gasteiger partial charge in [0.25, 0.3) is 11.5 Å². The molecule has 1 heterocycles. The Bertz CT molecular complexity index is 1350. The fourth-order valence-corrected chi connectivity index (χ4v) is 4.36. The summed E-state index contributed by atoms with van der Waals surface area (Å²) >= 11 is 0. The van der Waals surface area contributed by atoms with E-state index in [-0.39, 0.29) is 10.5 Å². The van der Waals surface area contributed by atoms with Gasteiger partial charge in [-0.15, -0.1) is 0 Å². The highest BCUT2D eigenvalue weighted by Crippen LogP contribution is 2.30. The van der Waals surface area contributed by atoms with Crippen LogP contribution in [0.2, 0.25) is 0 Å². The maximum Gasteiger partial charge on any atom is 0.431 e. The SMILES string of the molecule is CCc1cccc(C(NC(=O)c2ccc(C(F)(F)F)[nH]c2=O)c2ccccc2S(C)(=O)=O)c1. The van der Waals surface area contributed by atoms with Crippen LogP contribution >= 0.6 is 0 Å². The molecule has 2 N–H and O–H groups in total. The van der Waals surface area contributed by atoms with Crippen molar-refractivity contribution in [1.82, 2.24) is 10.3 Å². The number of rotatable bonds is 6. The lowest BCUT2D eigenvalue weighted by Crippen LogP contribution is -2.34. The zero-order valence-corrected chi connectivity index (χ0v) is 18.5. The van der Waals surface area contributed by atoms with Crippen LogP contribution in [0.4, 0.5) is 13.2 Å². The van der Waals surface area contributed by atoms with Gasteiger partial charge in [0.05, 0.1) is 10.9 Å². The standard InChI is InChI=1S/C23H21F3N2O4S/c1-3-14-7-6-8-15(13-14)20(16-9-4-5-10-18(16)33(2,31)32)28-22(30)17-11-12-19(23(24,25)26)27-21(17)29/h4-13,20H,3H2,1-2H3,(H,27,29)(H,28,30). The van der Waals surface area contributed by atoms with Gasteiger partial charge in [-0.1, -0.05) is 49.4 Å². The second-order valence-electron chi connectivity index (χ2n) is 7.43. The molecule has 10 heteroatoms. The lowest BCUT2D eigenvalue weighted by Gasteiger charge is -2.22. The van der Waals surface area contributed by atoms with Gasteiger partial charge in [-0.05, 0) is 41.3 Å². The molecule has 1 unspecified atom stereocenters. The maximum absolute atomic E-state index is 12.9. The van der Waals surface area contributed by atoms with Crippen LogP contribution in [0.25, 0.3) is 0 Å². The van der Waals surface area contributed by atoms with Crippen LogP contribution in [-0.2, 0) is 22.4 Å². The lowest BCUT2D eigenvalue weighted by atomic mass is 9.96. The predicted molar refractivity (Wildman–Crippen MR) is 117 cm³/mol. The number of sulfone groups is 1. The van der Waals surface area contributed by atoms with Gasteiger partial charge in [-0.3, -0.25) is 9.59 Å². The molecule has 1 atom stereocenters. The number of pyridine rings is 1. The van der Waals surface area contributed by atoms with Crippen molar-refractivity contribution in [1.29, 1.82) is 0 Å². The molecule has 0 aliphatic heterocycles. The van der Waals surface area contributed by atoms with Crippen LogP contribution < -0.4 is 10.9 Å². The molecule has 6 nitrogen and oxygen atoms in total. The highest BCUT2D eigenvalue weighted by atomic mass is 32.2. The first-order valence-corrected chi connectivity index (χ1v) is 11.8. The number of halogens is 3. The Kier molecular flexibility index (Phi) is 6.78. The van der Waals surface area contributed by atoms with E-state index in [1.807, 2.05) is 13.0 Å². The van der Waals surface area contributed by atoms with E-state index < -0.39 is 44.8 Å². The van der Waals surface area contributed by atoms with Crippen molar-refractivity contribution in [3.05, 3.63) is 99.0 Å². The summed E-state index contributed by atoms with van der Waals surface area (Å²) in [5.41, 5.74) is -1.27. The van der Waals surface area contributed by atoms with E-state index >= 15 is 0 Å². The lowest BCUT2D eigenvalue weighted by molar-refractivity contribution is -0.141. The summed E-state index contributed by atoms with van der Waals surface area (Å²) in [5, 5.41) is 2.62. The number of hydrogen-bond donors (Lipinski definition) is 2. The van der Waals surface area contributed by atoms with Gasteiger partial charge < -0.3 is 10.3 Å². The molecule has 0 fully saturated rings. The van der Waals surface area contributed by atoms with Crippen LogP contribution in [0, 0.1) is 0 Å². The van der Waals surface area contributed by atoms with E-state index in [1.165, 1.54) is 12.1 Å². The molecule has 1 amide bonds. The Morgan fingerprint density at radius 2 is 1.76 bits per heavy atom. The third-order valence-electron chi connectivity index (χ3n) is 5.06. The predicted octanol–water partition coefficient (Wildman–Crippen LogP) is 3.88. The van der Waals surface area contributed by atoms with Crippen molar-refractivity contribution >= 4 is 15.7 Å². The van der Waals surface area contributed by atoms with Crippen molar-refractivity contribution < 1.29 is 26.4 Å². The van der Waals surface area contributed by atoms with E-state index in [2.05, 4.69) is 5.32 Å². The summed E-state index contributed by atoms with van der Waals surface area (Å²) in [6.07, 6.45) is -3.06. The Morgan fingerprint density at radius 1 is 1.06 bits per heavy atom. The Morgan fingerprint density at radius 3 is 2.36 bits per heavy atom. The molecule has 33 heavy (non-hydrogen) atoms. The maximum atomic E-state index is 12.9. The first-order valence-electron chi connectivity index (χ1n) is 9.91. The van der Waals surface area contributed by atoms with E-state index in [9.17, 15) is 31.2 Å². The summed E-state index contributed by atoms with van der Waals surface area (Å²) in [7, 11) is -3.68. The van der Waals surface area contributed by atoms with Crippen LogP contribution in [0.1, 0.15) is 45.7 Å². The number of benzene rings is 2. The van der Waals surface area contributed by atoms with Crippen LogP contribution in [0.15, 0.2) is 70.4 Å². The molecule has 0 radical (unpaired) electrons. The first-order chi connectivity index (χ1) is 15.4. The zero-order valence-electron chi connectivity index (χ0n) is 17.7. The summed E-state index contributed by atoms with van der Waals surface area (Å²) in [6.45, 7) is 1.93. The van der Waals surface area contributed by atoms with Crippen molar-refractivity contribution in [2.24, 2.45) is 0 Å². The minimum Gasteiger partial charge on any atom is -0.341 e. The molecule has 0 aliphatic rings. The number of hydrogen-bond acceptors (Lipinski definition) is 4. The molecule has 0 aliphatic carbocycles. The Labute approximate surface area is 188 Å². The van der Waals surface area contributed by atoms with Gasteiger partial charge in [-0.2, -0.15) is 13.2 Å². The van der Waals surface area contributed by atoms with Gasteiger partial charge in [0, 0.05) is 6.26 Å². The molecule has 3 rings (SSSR count). The monoisotopic (exact) mass is 478 g/mol. The largest absolute Gasteiger partial charge is 0.431 e. The third-order valence-corrected chi connectivity index (χ3v) is 6.23. The molecule has 0 saturated carbocycles. The van der Waals surface area contributed by atoms with E-state index in [4.69, 9.17) is 0 Å². The number of aromatic nitrogens is 1. The number of aromatic amines is 1. The summed E-state index contributed by atoms with van der Waals surface area (Å²) in [5.74, 6) is -0.944. The number of aryl methyl sites for hydroxylation is 1. The van der Waals surface area contributed by atoms with Gasteiger partial charge >= 0.3 is 6.18 Å². The molecular formula is C23H21F3N2O4S. The summed E-state index contributed by atoms with van der Waals surface area (Å²) < 4.78 is 63.3. The fourth-order valence-electron chi connectivity index (χ4n) is 3.42. The average molecular weight is 478 g/mol. The number of amides is 1. The second-order valence-corrected chi connectivity index (χ2v) is 9.41. The summed E-state index contributed by atoms with van der Waals surface area (Å²) in [6, 6.07) is 13.6. The van der Waals surface area contributed by atoms with Crippen LogP contribution in [-0.4, -0.2) is 25.6 Å². The fraction of sp³-hybridized carbons (Fsp3) is 0.217. The average Bonchev–Trinajstić information content (AvgIpc) is 2.76. The number of carbonyl (C=O) groups is 1. The van der Waals surface area contributed by atoms with Crippen molar-refractivity contribution in [3.8, 4) is 0 Å². The minimum atomic E-state index is -4.77. The van der Waals surface area contributed by atoms with Crippen LogP contribution in [0.3, 0.4) is 0 Å². The molecule has 0 saturated heterocycles. The summed E-state index contributed by atoms with van der Waals surface area (Å²) in [4.78, 5) is 26.8. The van der Waals surface area contributed by atoms with Gasteiger partial charge in [0.2, 0.25) is 0 Å². The minimum absolute atomic E-state index is 0.0152. The van der Waals surface area contributed by atoms with E-state index in [0.717, 1.165) is 17.9 Å². The van der Waals surface area contributed by atoms with Crippen molar-refractivity contribution in [2.75, 3.05) is 6.26 Å². The number of carbonyl (C=O) groups excluding carboxylic acids is 1. The number of alkyl halides is 3. The highest BCUT2D eigenvalue weighted by Gasteiger charge is 2.32. The molecular weight excluding hydrogens is 457 g/mol. The van der Waals surface area contributed by atoms with E-state index in [0.29, 0.717) is 18.1 Å². The van der Waals surface area contributed by atoms with Crippen LogP contribution in [0.5, 0.6) is 0 Å². The number of H-pyrrole nitrogens is 1. The van der Waals surface area contributed by atoms with Crippen molar-refractivity contribution in [2.45, 2.75) is 30.5 Å². The van der Waals surface area contributed by atoms with Gasteiger partial charge in [0.15, 0.2) is 9.84 Å². The Hall–Kier alpha value is -3.40. The zero-order chi connectivity index (χ0) is 24.4. The normalized spacial score (nSPS) is 12.9. The van der Waals surface area contributed by atoms with Gasteiger partial charge in [0.1, 0.15) is 11.3 Å². The molecule has 0 spiro atoms. The third kappa shape index (κ3) is 5.51. The molecule has 0 bridgehead atoms. The topological polar surface area (TPSA) is 96.1 Å². The molecule has 1 aromatic heterocycles. The van der Waals surface area contributed by atoms with E-state index in [1.54, 1.807) is 35.3 Å². The molecule has 3 aromatic rings. The molecule has 174 valence electrons. The first kappa shape index (κ1) is 24.2. The second kappa shape index (κ2) is 9.22. The number of nitrogens with one attached hydrogen (secondary N) is 2. The smallest absolute Gasteiger partial charge is 0.341 e.